The number of rotatable bonds is 7. The van der Waals surface area contributed by atoms with E-state index in [4.69, 9.17) is 0 Å². The SMILES string of the molecule is CN=C(NCCS(=O)(=O)N1CCc2ccccc21)N(C)CCc1cccs1. The summed E-state index contributed by atoms with van der Waals surface area (Å²) in [6, 6.07) is 11.9. The molecule has 0 atom stereocenters. The highest BCUT2D eigenvalue weighted by Crippen LogP contribution is 2.29. The fourth-order valence-electron chi connectivity index (χ4n) is 3.22. The number of sulfonamides is 1. The van der Waals surface area contributed by atoms with E-state index in [1.165, 1.54) is 9.18 Å². The van der Waals surface area contributed by atoms with Crippen LogP contribution in [0.2, 0.25) is 0 Å². The minimum absolute atomic E-state index is 0.0408. The molecule has 2 heterocycles. The Bertz CT molecular complexity index is 879. The van der Waals surface area contributed by atoms with E-state index in [0.717, 1.165) is 30.6 Å². The average molecular weight is 407 g/mol. The van der Waals surface area contributed by atoms with Crippen LogP contribution in [0.15, 0.2) is 46.8 Å². The Morgan fingerprint density at radius 1 is 1.30 bits per heavy atom. The maximum atomic E-state index is 12.8. The molecule has 0 bridgehead atoms. The van der Waals surface area contributed by atoms with Crippen LogP contribution in [0.4, 0.5) is 5.69 Å². The van der Waals surface area contributed by atoms with Gasteiger partial charge in [0.15, 0.2) is 5.96 Å². The maximum absolute atomic E-state index is 12.8. The van der Waals surface area contributed by atoms with Crippen molar-refractivity contribution in [3.8, 4) is 0 Å². The summed E-state index contributed by atoms with van der Waals surface area (Å²) < 4.78 is 27.0. The lowest BCUT2D eigenvalue weighted by Crippen LogP contribution is -2.43. The summed E-state index contributed by atoms with van der Waals surface area (Å²) in [7, 11) is 0.332. The van der Waals surface area contributed by atoms with Crippen LogP contribution in [-0.2, 0) is 22.9 Å². The number of aliphatic imine (C=N–C) groups is 1. The molecule has 1 aromatic heterocycles. The van der Waals surface area contributed by atoms with E-state index < -0.39 is 10.0 Å². The summed E-state index contributed by atoms with van der Waals surface area (Å²) in [4.78, 5) is 7.62. The van der Waals surface area contributed by atoms with E-state index in [-0.39, 0.29) is 5.75 Å². The summed E-state index contributed by atoms with van der Waals surface area (Å²) in [6.45, 7) is 1.68. The van der Waals surface area contributed by atoms with Crippen molar-refractivity contribution in [2.45, 2.75) is 12.8 Å². The van der Waals surface area contributed by atoms with Crippen LogP contribution in [0, 0.1) is 0 Å². The van der Waals surface area contributed by atoms with Crippen LogP contribution in [0.25, 0.3) is 0 Å². The van der Waals surface area contributed by atoms with E-state index in [0.29, 0.717) is 19.0 Å². The number of anilines is 1. The largest absolute Gasteiger partial charge is 0.355 e. The third-order valence-electron chi connectivity index (χ3n) is 4.67. The summed E-state index contributed by atoms with van der Waals surface area (Å²) in [6.07, 6.45) is 1.72. The van der Waals surface area contributed by atoms with Crippen LogP contribution in [-0.4, -0.2) is 58.8 Å². The molecule has 0 fully saturated rings. The minimum atomic E-state index is -3.35. The van der Waals surface area contributed by atoms with Gasteiger partial charge in [0.05, 0.1) is 11.4 Å². The first-order valence-electron chi connectivity index (χ1n) is 9.04. The molecule has 146 valence electrons. The zero-order valence-corrected chi connectivity index (χ0v) is 17.4. The van der Waals surface area contributed by atoms with Gasteiger partial charge < -0.3 is 10.2 Å². The van der Waals surface area contributed by atoms with Crippen LogP contribution >= 0.6 is 11.3 Å². The molecule has 0 spiro atoms. The van der Waals surface area contributed by atoms with E-state index in [9.17, 15) is 8.42 Å². The molecule has 2 aromatic rings. The number of thiophene rings is 1. The molecule has 3 rings (SSSR count). The molecule has 1 aliphatic rings. The first kappa shape index (κ1) is 19.7. The van der Waals surface area contributed by atoms with E-state index in [2.05, 4.69) is 27.8 Å². The minimum Gasteiger partial charge on any atom is -0.355 e. The highest BCUT2D eigenvalue weighted by Gasteiger charge is 2.28. The molecular weight excluding hydrogens is 380 g/mol. The third-order valence-corrected chi connectivity index (χ3v) is 7.38. The van der Waals surface area contributed by atoms with E-state index >= 15 is 0 Å². The Morgan fingerprint density at radius 3 is 2.85 bits per heavy atom. The fraction of sp³-hybridized carbons (Fsp3) is 0.421. The topological polar surface area (TPSA) is 65.0 Å². The zero-order valence-electron chi connectivity index (χ0n) is 15.8. The van der Waals surface area contributed by atoms with Gasteiger partial charge in [0, 0.05) is 38.6 Å². The lowest BCUT2D eigenvalue weighted by molar-refractivity contribution is 0.488. The molecule has 0 radical (unpaired) electrons. The first-order valence-corrected chi connectivity index (χ1v) is 11.5. The van der Waals surface area contributed by atoms with Gasteiger partial charge in [0.1, 0.15) is 0 Å². The smallest absolute Gasteiger partial charge is 0.236 e. The van der Waals surface area contributed by atoms with Gasteiger partial charge >= 0.3 is 0 Å². The van der Waals surface area contributed by atoms with E-state index in [1.807, 2.05) is 36.2 Å². The molecule has 0 saturated carbocycles. The monoisotopic (exact) mass is 406 g/mol. The van der Waals surface area contributed by atoms with Gasteiger partial charge in [-0.05, 0) is 35.9 Å². The number of para-hydroxylation sites is 1. The molecular formula is C19H26N4O2S2. The summed E-state index contributed by atoms with van der Waals surface area (Å²) in [5, 5.41) is 5.25. The normalized spacial score (nSPS) is 14.3. The number of benzene rings is 1. The van der Waals surface area contributed by atoms with Crippen LogP contribution in [0.1, 0.15) is 10.4 Å². The lowest BCUT2D eigenvalue weighted by atomic mass is 10.2. The molecule has 27 heavy (non-hydrogen) atoms. The number of guanidine groups is 1. The fourth-order valence-corrected chi connectivity index (χ4v) is 5.35. The van der Waals surface area contributed by atoms with Crippen molar-refractivity contribution in [2.24, 2.45) is 4.99 Å². The number of nitrogens with zero attached hydrogens (tertiary/aromatic N) is 3. The summed E-state index contributed by atoms with van der Waals surface area (Å²) in [5.41, 5.74) is 1.91. The maximum Gasteiger partial charge on any atom is 0.236 e. The molecule has 6 nitrogen and oxygen atoms in total. The van der Waals surface area contributed by atoms with Crippen LogP contribution in [0.3, 0.4) is 0 Å². The Balaban J connectivity index is 1.51. The highest BCUT2D eigenvalue weighted by atomic mass is 32.2. The van der Waals surface area contributed by atoms with Crippen LogP contribution in [0.5, 0.6) is 0 Å². The molecule has 1 N–H and O–H groups in total. The van der Waals surface area contributed by atoms with Gasteiger partial charge in [-0.2, -0.15) is 0 Å². The van der Waals surface area contributed by atoms with Gasteiger partial charge in [-0.15, -0.1) is 11.3 Å². The third kappa shape index (κ3) is 4.81. The number of likely N-dealkylation sites (N-methyl/N-ethyl adjacent to an activating group) is 1. The summed E-state index contributed by atoms with van der Waals surface area (Å²) >= 11 is 1.74. The van der Waals surface area contributed by atoms with E-state index in [1.54, 1.807) is 18.4 Å². The molecule has 0 unspecified atom stereocenters. The molecule has 1 aliphatic heterocycles. The van der Waals surface area contributed by atoms with Crippen molar-refractivity contribution < 1.29 is 8.42 Å². The second kappa shape index (κ2) is 8.75. The predicted octanol–water partition coefficient (Wildman–Crippen LogP) is 2.19. The van der Waals surface area contributed by atoms with Crippen molar-refractivity contribution >= 4 is 33.0 Å². The Hall–Kier alpha value is -2.06. The van der Waals surface area contributed by atoms with Crippen molar-refractivity contribution in [3.63, 3.8) is 0 Å². The first-order chi connectivity index (χ1) is 13.0. The van der Waals surface area contributed by atoms with Crippen molar-refractivity contribution in [1.82, 2.24) is 10.2 Å². The molecule has 1 aromatic carbocycles. The number of fused-ring (bicyclic) bond motifs is 1. The lowest BCUT2D eigenvalue weighted by Gasteiger charge is -2.23. The summed E-state index contributed by atoms with van der Waals surface area (Å²) in [5.74, 6) is 0.752. The Morgan fingerprint density at radius 2 is 2.11 bits per heavy atom. The van der Waals surface area contributed by atoms with Crippen molar-refractivity contribution in [2.75, 3.05) is 43.8 Å². The molecule has 8 heteroatoms. The quantitative estimate of drug-likeness (QED) is 0.565. The molecule has 0 saturated heterocycles. The van der Waals surface area contributed by atoms with Gasteiger partial charge in [-0.3, -0.25) is 9.30 Å². The van der Waals surface area contributed by atoms with Gasteiger partial charge in [-0.25, -0.2) is 8.42 Å². The zero-order chi connectivity index (χ0) is 19.3. The van der Waals surface area contributed by atoms with Gasteiger partial charge in [0.25, 0.3) is 0 Å². The Labute approximate surface area is 165 Å². The van der Waals surface area contributed by atoms with Crippen molar-refractivity contribution in [3.05, 3.63) is 52.2 Å². The average Bonchev–Trinajstić information content (AvgIpc) is 3.32. The number of hydrogen-bond donors (Lipinski definition) is 1. The standard InChI is InChI=1S/C19H26N4O2S2/c1-20-19(22(2)12-10-17-7-5-14-26-17)21-11-15-27(24,25)23-13-9-16-6-3-4-8-18(16)23/h3-8,14H,9-13,15H2,1-2H3,(H,20,21). The molecule has 0 amide bonds. The highest BCUT2D eigenvalue weighted by molar-refractivity contribution is 7.92. The molecule has 0 aliphatic carbocycles. The van der Waals surface area contributed by atoms with Crippen LogP contribution < -0.4 is 9.62 Å². The second-order valence-corrected chi connectivity index (χ2v) is 9.54. The van der Waals surface area contributed by atoms with Gasteiger partial charge in [0.2, 0.25) is 10.0 Å². The number of hydrogen-bond acceptors (Lipinski definition) is 4. The van der Waals surface area contributed by atoms with Crippen molar-refractivity contribution in [1.29, 1.82) is 0 Å². The Kier molecular flexibility index (Phi) is 6.38. The van der Waals surface area contributed by atoms with Gasteiger partial charge in [-0.1, -0.05) is 24.3 Å². The second-order valence-electron chi connectivity index (χ2n) is 6.49. The number of nitrogens with one attached hydrogen (secondary N) is 1. The predicted molar refractivity (Wildman–Crippen MR) is 113 cm³/mol.